The summed E-state index contributed by atoms with van der Waals surface area (Å²) in [7, 11) is 1.66. The highest BCUT2D eigenvalue weighted by Crippen LogP contribution is 2.60. The van der Waals surface area contributed by atoms with Crippen LogP contribution in [0.1, 0.15) is 24.0 Å². The van der Waals surface area contributed by atoms with Crippen molar-refractivity contribution in [2.24, 2.45) is 0 Å². The predicted octanol–water partition coefficient (Wildman–Crippen LogP) is 1.51. The molecule has 1 aromatic carbocycles. The first-order chi connectivity index (χ1) is 10.3. The van der Waals surface area contributed by atoms with Crippen LogP contribution in [0.25, 0.3) is 0 Å². The molecule has 4 aliphatic rings. The Labute approximate surface area is 123 Å². The molecule has 1 fully saturated rings. The van der Waals surface area contributed by atoms with E-state index in [-0.39, 0.29) is 17.3 Å². The molecule has 2 heterocycles. The molecule has 0 aromatic heterocycles. The number of Topliss-reactive ketones (excluding diaryl/α,β-unsaturated/α-hetero) is 1. The second kappa shape index (κ2) is 3.69. The summed E-state index contributed by atoms with van der Waals surface area (Å²) >= 11 is 0. The normalized spacial score (nSPS) is 34.9. The zero-order valence-corrected chi connectivity index (χ0v) is 11.9. The van der Waals surface area contributed by atoms with Gasteiger partial charge in [-0.25, -0.2) is 0 Å². The SMILES string of the molecule is COc1ccc2c3c1OC1C(=O)CC=C4C(C2)NCCC431. The lowest BCUT2D eigenvalue weighted by Gasteiger charge is -2.49. The van der Waals surface area contributed by atoms with Gasteiger partial charge in [0.2, 0.25) is 0 Å². The molecule has 4 heteroatoms. The topological polar surface area (TPSA) is 47.6 Å². The summed E-state index contributed by atoms with van der Waals surface area (Å²) in [5.74, 6) is 1.76. The Morgan fingerprint density at radius 1 is 1.43 bits per heavy atom. The molecule has 0 radical (unpaired) electrons. The number of methoxy groups -OCH3 is 1. The van der Waals surface area contributed by atoms with Crippen LogP contribution in [0, 0.1) is 0 Å². The van der Waals surface area contributed by atoms with E-state index in [2.05, 4.69) is 17.5 Å². The molecular weight excluding hydrogens is 266 g/mol. The standard InChI is InChI=1S/C17H17NO3/c1-20-13-5-2-9-8-11-10-3-4-12(19)16-17(10,6-7-18-11)14(9)15(13)21-16/h2-3,5,11,16,18H,4,6-8H2,1H3. The Kier molecular flexibility index (Phi) is 2.07. The van der Waals surface area contributed by atoms with Crippen molar-refractivity contribution < 1.29 is 14.3 Å². The fourth-order valence-electron chi connectivity index (χ4n) is 4.84. The van der Waals surface area contributed by atoms with Gasteiger partial charge in [0.25, 0.3) is 0 Å². The Hall–Kier alpha value is -1.81. The molecule has 2 aliphatic heterocycles. The highest BCUT2D eigenvalue weighted by atomic mass is 16.5. The number of rotatable bonds is 1. The maximum absolute atomic E-state index is 12.5. The van der Waals surface area contributed by atoms with Crippen molar-refractivity contribution >= 4 is 5.78 Å². The molecule has 1 saturated heterocycles. The van der Waals surface area contributed by atoms with Gasteiger partial charge in [-0.1, -0.05) is 12.1 Å². The lowest BCUT2D eigenvalue weighted by molar-refractivity contribution is -0.127. The molecule has 0 saturated carbocycles. The van der Waals surface area contributed by atoms with Crippen LogP contribution in [0.15, 0.2) is 23.8 Å². The average molecular weight is 283 g/mol. The van der Waals surface area contributed by atoms with Gasteiger partial charge in [-0.2, -0.15) is 0 Å². The number of piperidine rings is 1. The summed E-state index contributed by atoms with van der Waals surface area (Å²) in [5.41, 5.74) is 3.67. The minimum Gasteiger partial charge on any atom is -0.493 e. The second-order valence-corrected chi connectivity index (χ2v) is 6.39. The van der Waals surface area contributed by atoms with E-state index >= 15 is 0 Å². The van der Waals surface area contributed by atoms with Crippen LogP contribution in [0.5, 0.6) is 11.5 Å². The van der Waals surface area contributed by atoms with Crippen LogP contribution >= 0.6 is 0 Å². The molecule has 1 spiro atoms. The maximum Gasteiger partial charge on any atom is 0.178 e. The number of hydrogen-bond acceptors (Lipinski definition) is 4. The fraction of sp³-hybridized carbons (Fsp3) is 0.471. The van der Waals surface area contributed by atoms with E-state index in [1.165, 1.54) is 16.7 Å². The zero-order valence-electron chi connectivity index (χ0n) is 11.9. The van der Waals surface area contributed by atoms with E-state index in [4.69, 9.17) is 9.47 Å². The van der Waals surface area contributed by atoms with Crippen LogP contribution in [0.2, 0.25) is 0 Å². The first-order valence-corrected chi connectivity index (χ1v) is 7.59. The Morgan fingerprint density at radius 2 is 2.33 bits per heavy atom. The number of carbonyl (C=O) groups excluding carboxylic acids is 1. The Balaban J connectivity index is 1.87. The Morgan fingerprint density at radius 3 is 3.19 bits per heavy atom. The van der Waals surface area contributed by atoms with Crippen molar-refractivity contribution in [2.75, 3.05) is 13.7 Å². The van der Waals surface area contributed by atoms with Crippen LogP contribution in [0.3, 0.4) is 0 Å². The lowest BCUT2D eigenvalue weighted by atomic mass is 9.56. The van der Waals surface area contributed by atoms with E-state index in [1.54, 1.807) is 7.11 Å². The first-order valence-electron chi connectivity index (χ1n) is 7.59. The minimum absolute atomic E-state index is 0.200. The van der Waals surface area contributed by atoms with Gasteiger partial charge in [0.15, 0.2) is 23.4 Å². The van der Waals surface area contributed by atoms with Crippen LogP contribution in [-0.4, -0.2) is 31.6 Å². The second-order valence-electron chi connectivity index (χ2n) is 6.39. The quantitative estimate of drug-likeness (QED) is 0.794. The summed E-state index contributed by atoms with van der Waals surface area (Å²) in [4.78, 5) is 12.5. The van der Waals surface area contributed by atoms with Gasteiger partial charge >= 0.3 is 0 Å². The summed E-state index contributed by atoms with van der Waals surface area (Å²) in [6, 6.07) is 4.46. The highest BCUT2D eigenvalue weighted by Gasteiger charge is 2.61. The van der Waals surface area contributed by atoms with Crippen molar-refractivity contribution in [2.45, 2.75) is 36.8 Å². The van der Waals surface area contributed by atoms with Gasteiger partial charge in [-0.15, -0.1) is 0 Å². The van der Waals surface area contributed by atoms with Gasteiger partial charge < -0.3 is 14.8 Å². The number of ether oxygens (including phenoxy) is 2. The van der Waals surface area contributed by atoms with E-state index in [0.717, 1.165) is 30.9 Å². The number of allylic oxidation sites excluding steroid dienone is 1. The smallest absolute Gasteiger partial charge is 0.178 e. The van der Waals surface area contributed by atoms with Crippen LogP contribution < -0.4 is 14.8 Å². The average Bonchev–Trinajstić information content (AvgIpc) is 2.83. The lowest BCUT2D eigenvalue weighted by Crippen LogP contribution is -2.60. The summed E-state index contributed by atoms with van der Waals surface area (Å²) in [6.07, 6.45) is 4.19. The maximum atomic E-state index is 12.5. The minimum atomic E-state index is -0.354. The number of ketones is 1. The molecular formula is C17H17NO3. The molecule has 3 unspecified atom stereocenters. The molecule has 21 heavy (non-hydrogen) atoms. The molecule has 5 rings (SSSR count). The third-order valence-corrected chi connectivity index (χ3v) is 5.60. The molecule has 1 N–H and O–H groups in total. The van der Waals surface area contributed by atoms with E-state index in [0.29, 0.717) is 12.5 Å². The molecule has 108 valence electrons. The predicted molar refractivity (Wildman–Crippen MR) is 76.9 cm³/mol. The highest BCUT2D eigenvalue weighted by molar-refractivity contribution is 5.92. The van der Waals surface area contributed by atoms with Gasteiger partial charge in [-0.05, 0) is 36.6 Å². The largest absolute Gasteiger partial charge is 0.493 e. The van der Waals surface area contributed by atoms with Crippen molar-refractivity contribution in [1.82, 2.24) is 5.32 Å². The molecule has 4 nitrogen and oxygen atoms in total. The summed E-state index contributed by atoms with van der Waals surface area (Å²) in [6.45, 7) is 0.936. The van der Waals surface area contributed by atoms with Crippen molar-refractivity contribution in [3.8, 4) is 11.5 Å². The Bertz CT molecular complexity index is 708. The van der Waals surface area contributed by atoms with Gasteiger partial charge in [-0.3, -0.25) is 4.79 Å². The van der Waals surface area contributed by atoms with E-state index in [1.807, 2.05) is 6.07 Å². The van der Waals surface area contributed by atoms with Crippen LogP contribution in [0.4, 0.5) is 0 Å². The van der Waals surface area contributed by atoms with Gasteiger partial charge in [0, 0.05) is 18.0 Å². The first kappa shape index (κ1) is 11.8. The summed E-state index contributed by atoms with van der Waals surface area (Å²) in [5, 5.41) is 3.61. The molecule has 1 aromatic rings. The molecule has 3 atom stereocenters. The van der Waals surface area contributed by atoms with Gasteiger partial charge in [0.1, 0.15) is 0 Å². The third-order valence-electron chi connectivity index (χ3n) is 5.60. The van der Waals surface area contributed by atoms with E-state index in [9.17, 15) is 4.79 Å². The number of carbonyl (C=O) groups is 1. The molecule has 2 bridgehead atoms. The monoisotopic (exact) mass is 283 g/mol. The zero-order chi connectivity index (χ0) is 14.2. The fourth-order valence-corrected chi connectivity index (χ4v) is 4.84. The van der Waals surface area contributed by atoms with Gasteiger partial charge in [0.05, 0.1) is 12.5 Å². The summed E-state index contributed by atoms with van der Waals surface area (Å²) < 4.78 is 11.6. The number of benzene rings is 1. The van der Waals surface area contributed by atoms with E-state index < -0.39 is 0 Å². The number of nitrogens with one attached hydrogen (secondary N) is 1. The van der Waals surface area contributed by atoms with Crippen molar-refractivity contribution in [3.05, 3.63) is 34.9 Å². The van der Waals surface area contributed by atoms with Crippen molar-refractivity contribution in [3.63, 3.8) is 0 Å². The van der Waals surface area contributed by atoms with Crippen LogP contribution in [-0.2, 0) is 16.6 Å². The number of hydrogen-bond donors (Lipinski definition) is 1. The molecule has 0 amide bonds. The molecule has 2 aliphatic carbocycles. The van der Waals surface area contributed by atoms with Crippen molar-refractivity contribution in [1.29, 1.82) is 0 Å². The third kappa shape index (κ3) is 1.19.